The van der Waals surface area contributed by atoms with Crippen molar-refractivity contribution in [2.45, 2.75) is 53.0 Å². The van der Waals surface area contributed by atoms with Crippen LogP contribution in [0.5, 0.6) is 0 Å². The summed E-state index contributed by atoms with van der Waals surface area (Å²) in [4.78, 5) is 25.7. The van der Waals surface area contributed by atoms with Gasteiger partial charge in [-0.25, -0.2) is 4.79 Å². The fraction of sp³-hybridized carbons (Fsp3) is 0.619. The summed E-state index contributed by atoms with van der Waals surface area (Å²) in [6.07, 6.45) is 2.37. The van der Waals surface area contributed by atoms with E-state index in [0.717, 1.165) is 12.0 Å². The molecule has 26 heavy (non-hydrogen) atoms. The molecule has 0 saturated carbocycles. The number of carbonyl (C=O) groups is 2. The number of benzene rings is 1. The van der Waals surface area contributed by atoms with Gasteiger partial charge in [0.05, 0.1) is 6.04 Å². The van der Waals surface area contributed by atoms with Crippen molar-refractivity contribution in [2.24, 2.45) is 23.5 Å². The monoisotopic (exact) mass is 359 g/mol. The van der Waals surface area contributed by atoms with Crippen molar-refractivity contribution in [2.75, 3.05) is 13.1 Å². The minimum atomic E-state index is -0.258. The summed E-state index contributed by atoms with van der Waals surface area (Å²) in [5.41, 5.74) is 7.83. The van der Waals surface area contributed by atoms with Crippen molar-refractivity contribution in [1.82, 2.24) is 10.2 Å². The summed E-state index contributed by atoms with van der Waals surface area (Å²) in [5.74, 6) is 0.558. The maximum absolute atomic E-state index is 12.7. The molecule has 0 aromatic heterocycles. The lowest BCUT2D eigenvalue weighted by Crippen LogP contribution is -2.47. The summed E-state index contributed by atoms with van der Waals surface area (Å²) in [6.45, 7) is 9.83. The Morgan fingerprint density at radius 1 is 1.12 bits per heavy atom. The predicted octanol–water partition coefficient (Wildman–Crippen LogP) is 3.49. The highest BCUT2D eigenvalue weighted by molar-refractivity contribution is 5.78. The predicted molar refractivity (Wildman–Crippen MR) is 105 cm³/mol. The number of nitrogens with two attached hydrogens (primary N) is 1. The van der Waals surface area contributed by atoms with E-state index in [2.05, 4.69) is 57.3 Å². The van der Waals surface area contributed by atoms with E-state index in [4.69, 9.17) is 5.73 Å². The Morgan fingerprint density at radius 2 is 1.69 bits per heavy atom. The maximum atomic E-state index is 12.7. The Kier molecular flexibility index (Phi) is 7.06. The van der Waals surface area contributed by atoms with E-state index in [9.17, 15) is 9.59 Å². The molecule has 1 aliphatic heterocycles. The number of carbonyl (C=O) groups excluding carboxylic acids is 2. The van der Waals surface area contributed by atoms with Gasteiger partial charge in [-0.1, -0.05) is 52.0 Å². The molecule has 1 fully saturated rings. The molecule has 1 atom stereocenters. The number of urea groups is 1. The fourth-order valence-corrected chi connectivity index (χ4v) is 3.56. The third kappa shape index (κ3) is 5.48. The zero-order valence-electron chi connectivity index (χ0n) is 16.5. The maximum Gasteiger partial charge on any atom is 0.317 e. The van der Waals surface area contributed by atoms with Gasteiger partial charge in [-0.15, -0.1) is 0 Å². The Hall–Kier alpha value is -2.04. The molecule has 5 nitrogen and oxygen atoms in total. The first kappa shape index (κ1) is 20.3. The topological polar surface area (TPSA) is 75.4 Å². The van der Waals surface area contributed by atoms with Crippen LogP contribution in [0.4, 0.5) is 4.79 Å². The molecule has 5 heteroatoms. The first-order chi connectivity index (χ1) is 12.3. The highest BCUT2D eigenvalue weighted by atomic mass is 16.2. The summed E-state index contributed by atoms with van der Waals surface area (Å²) in [5, 5.41) is 3.18. The highest BCUT2D eigenvalue weighted by Gasteiger charge is 2.28. The van der Waals surface area contributed by atoms with E-state index in [0.29, 0.717) is 31.8 Å². The van der Waals surface area contributed by atoms with E-state index >= 15 is 0 Å². The van der Waals surface area contributed by atoms with Gasteiger partial charge in [-0.2, -0.15) is 0 Å². The minimum absolute atomic E-state index is 0.0236. The SMILES string of the molecule is CC(C)Cc1ccc([C@@H](NC(=O)N2CCC(C(N)=O)CC2)C(C)C)cc1. The van der Waals surface area contributed by atoms with Crippen molar-refractivity contribution < 1.29 is 9.59 Å². The van der Waals surface area contributed by atoms with Crippen LogP contribution in [0.1, 0.15) is 57.7 Å². The van der Waals surface area contributed by atoms with Gasteiger partial charge < -0.3 is 16.0 Å². The first-order valence-corrected chi connectivity index (χ1v) is 9.71. The second kappa shape index (κ2) is 9.06. The quantitative estimate of drug-likeness (QED) is 0.816. The molecule has 3 N–H and O–H groups in total. The van der Waals surface area contributed by atoms with Crippen molar-refractivity contribution in [3.05, 3.63) is 35.4 Å². The van der Waals surface area contributed by atoms with E-state index in [1.807, 2.05) is 0 Å². The number of likely N-dealkylation sites (tertiary alicyclic amines) is 1. The Bertz CT molecular complexity index is 602. The standard InChI is InChI=1S/C21H33N3O2/c1-14(2)13-16-5-7-17(8-6-16)19(15(3)4)23-21(26)24-11-9-18(10-12-24)20(22)25/h5-8,14-15,18-19H,9-13H2,1-4H3,(H2,22,25)(H,23,26)/t19-/m0/s1. The van der Waals surface area contributed by atoms with E-state index < -0.39 is 0 Å². The summed E-state index contributed by atoms with van der Waals surface area (Å²) >= 11 is 0. The van der Waals surface area contributed by atoms with Gasteiger partial charge in [0.15, 0.2) is 0 Å². The summed E-state index contributed by atoms with van der Waals surface area (Å²) < 4.78 is 0. The first-order valence-electron chi connectivity index (χ1n) is 9.71. The van der Waals surface area contributed by atoms with Crippen LogP contribution in [0, 0.1) is 17.8 Å². The largest absolute Gasteiger partial charge is 0.369 e. The van der Waals surface area contributed by atoms with Crippen LogP contribution in [0.15, 0.2) is 24.3 Å². The number of rotatable bonds is 6. The molecule has 2 rings (SSSR count). The Labute approximate surface area is 157 Å². The molecular weight excluding hydrogens is 326 g/mol. The number of nitrogens with zero attached hydrogens (tertiary/aromatic N) is 1. The number of hydrogen-bond acceptors (Lipinski definition) is 2. The molecule has 3 amide bonds. The normalized spacial score (nSPS) is 16.8. The lowest BCUT2D eigenvalue weighted by molar-refractivity contribution is -0.123. The second-order valence-electron chi connectivity index (χ2n) is 8.17. The van der Waals surface area contributed by atoms with Crippen molar-refractivity contribution >= 4 is 11.9 Å². The fourth-order valence-electron chi connectivity index (χ4n) is 3.56. The summed E-state index contributed by atoms with van der Waals surface area (Å²) in [6, 6.07) is 8.50. The van der Waals surface area contributed by atoms with Gasteiger partial charge in [0.25, 0.3) is 0 Å². The second-order valence-corrected chi connectivity index (χ2v) is 8.17. The van der Waals surface area contributed by atoms with Crippen LogP contribution in [-0.2, 0) is 11.2 Å². The lowest BCUT2D eigenvalue weighted by Gasteiger charge is -2.33. The Morgan fingerprint density at radius 3 is 2.15 bits per heavy atom. The van der Waals surface area contributed by atoms with Gasteiger partial charge in [0.1, 0.15) is 0 Å². The lowest BCUT2D eigenvalue weighted by atomic mass is 9.93. The van der Waals surface area contributed by atoms with Crippen molar-refractivity contribution in [3.63, 3.8) is 0 Å². The number of amides is 3. The molecule has 1 aliphatic rings. The third-order valence-corrected chi connectivity index (χ3v) is 5.11. The van der Waals surface area contributed by atoms with E-state index in [1.165, 1.54) is 5.56 Å². The zero-order valence-corrected chi connectivity index (χ0v) is 16.5. The number of hydrogen-bond donors (Lipinski definition) is 2. The van der Waals surface area contributed by atoms with Crippen LogP contribution in [-0.4, -0.2) is 29.9 Å². The van der Waals surface area contributed by atoms with E-state index in [-0.39, 0.29) is 29.8 Å². The molecule has 0 bridgehead atoms. The molecule has 1 aromatic rings. The molecule has 0 unspecified atom stereocenters. The molecule has 1 aromatic carbocycles. The minimum Gasteiger partial charge on any atom is -0.369 e. The number of nitrogens with one attached hydrogen (secondary N) is 1. The highest BCUT2D eigenvalue weighted by Crippen LogP contribution is 2.24. The molecule has 1 saturated heterocycles. The van der Waals surface area contributed by atoms with Gasteiger partial charge in [0.2, 0.25) is 5.91 Å². The van der Waals surface area contributed by atoms with Crippen LogP contribution >= 0.6 is 0 Å². The smallest absolute Gasteiger partial charge is 0.317 e. The zero-order chi connectivity index (χ0) is 19.3. The van der Waals surface area contributed by atoms with Gasteiger partial charge >= 0.3 is 6.03 Å². The van der Waals surface area contributed by atoms with Crippen LogP contribution < -0.4 is 11.1 Å². The molecular formula is C21H33N3O2. The van der Waals surface area contributed by atoms with E-state index in [1.54, 1.807) is 4.90 Å². The molecule has 0 radical (unpaired) electrons. The van der Waals surface area contributed by atoms with Gasteiger partial charge in [-0.3, -0.25) is 4.79 Å². The third-order valence-electron chi connectivity index (χ3n) is 5.11. The average molecular weight is 360 g/mol. The van der Waals surface area contributed by atoms with Crippen molar-refractivity contribution in [1.29, 1.82) is 0 Å². The molecule has 1 heterocycles. The van der Waals surface area contributed by atoms with Crippen molar-refractivity contribution in [3.8, 4) is 0 Å². The van der Waals surface area contributed by atoms with Crippen LogP contribution in [0.2, 0.25) is 0 Å². The van der Waals surface area contributed by atoms with Crippen LogP contribution in [0.25, 0.3) is 0 Å². The summed E-state index contributed by atoms with van der Waals surface area (Å²) in [7, 11) is 0. The van der Waals surface area contributed by atoms with Gasteiger partial charge in [0, 0.05) is 19.0 Å². The molecule has 0 aliphatic carbocycles. The van der Waals surface area contributed by atoms with Gasteiger partial charge in [-0.05, 0) is 42.2 Å². The molecule has 0 spiro atoms. The number of primary amides is 1. The average Bonchev–Trinajstić information content (AvgIpc) is 2.59. The Balaban J connectivity index is 1.99. The molecule has 144 valence electrons. The van der Waals surface area contributed by atoms with Crippen LogP contribution in [0.3, 0.4) is 0 Å². The number of piperidine rings is 1.